The van der Waals surface area contributed by atoms with Crippen molar-refractivity contribution in [2.45, 2.75) is 18.9 Å². The zero-order chi connectivity index (χ0) is 17.2. The van der Waals surface area contributed by atoms with Crippen LogP contribution in [0.3, 0.4) is 0 Å². The highest BCUT2D eigenvalue weighted by molar-refractivity contribution is 6.01. The number of fused-ring (bicyclic) bond motifs is 2. The number of benzene rings is 2. The van der Waals surface area contributed by atoms with Gasteiger partial charge in [0.05, 0.1) is 29.8 Å². The van der Waals surface area contributed by atoms with E-state index in [4.69, 9.17) is 14.5 Å². The number of nitrogens with zero attached hydrogens (tertiary/aromatic N) is 2. The van der Waals surface area contributed by atoms with Crippen molar-refractivity contribution in [2.75, 3.05) is 20.2 Å². The number of ether oxygens (including phenoxy) is 2. The fourth-order valence-corrected chi connectivity index (χ4v) is 3.29. The molecule has 1 fully saturated rings. The Bertz CT molecular complexity index is 972. The van der Waals surface area contributed by atoms with Gasteiger partial charge in [-0.2, -0.15) is 5.26 Å². The van der Waals surface area contributed by atoms with E-state index in [1.807, 2.05) is 36.4 Å². The van der Waals surface area contributed by atoms with Gasteiger partial charge in [0.2, 0.25) is 0 Å². The lowest BCUT2D eigenvalue weighted by molar-refractivity contribution is 0.166. The maximum atomic E-state index is 9.18. The minimum absolute atomic E-state index is 0.178. The van der Waals surface area contributed by atoms with E-state index >= 15 is 0 Å². The van der Waals surface area contributed by atoms with Crippen molar-refractivity contribution in [1.82, 2.24) is 10.3 Å². The highest BCUT2D eigenvalue weighted by Crippen LogP contribution is 2.36. The minimum atomic E-state index is 0.178. The van der Waals surface area contributed by atoms with Gasteiger partial charge in [0.1, 0.15) is 17.6 Å². The maximum Gasteiger partial charge on any atom is 0.138 e. The van der Waals surface area contributed by atoms with E-state index in [2.05, 4.69) is 11.4 Å². The Kier molecular flexibility index (Phi) is 4.12. The normalized spacial score (nSPS) is 15.2. The summed E-state index contributed by atoms with van der Waals surface area (Å²) in [4.78, 5) is 4.72. The molecule has 126 valence electrons. The second kappa shape index (κ2) is 6.58. The van der Waals surface area contributed by atoms with Crippen LogP contribution in [0.1, 0.15) is 18.4 Å². The largest absolute Gasteiger partial charge is 0.497 e. The number of nitrogens with one attached hydrogen (secondary N) is 1. The van der Waals surface area contributed by atoms with Gasteiger partial charge in [0.25, 0.3) is 0 Å². The van der Waals surface area contributed by atoms with Gasteiger partial charge in [0, 0.05) is 10.8 Å². The molecule has 0 saturated carbocycles. The SMILES string of the molecule is COc1ccc2nc3cc(C#N)ccc3c(OC3CCNCC3)c2c1. The van der Waals surface area contributed by atoms with Crippen LogP contribution in [0.2, 0.25) is 0 Å². The lowest BCUT2D eigenvalue weighted by Crippen LogP contribution is -2.34. The van der Waals surface area contributed by atoms with Crippen LogP contribution >= 0.6 is 0 Å². The zero-order valence-corrected chi connectivity index (χ0v) is 14.1. The Morgan fingerprint density at radius 2 is 1.92 bits per heavy atom. The van der Waals surface area contributed by atoms with Crippen molar-refractivity contribution in [1.29, 1.82) is 5.26 Å². The van der Waals surface area contributed by atoms with E-state index in [1.54, 1.807) is 7.11 Å². The molecule has 0 unspecified atom stereocenters. The van der Waals surface area contributed by atoms with Crippen molar-refractivity contribution in [3.05, 3.63) is 42.0 Å². The highest BCUT2D eigenvalue weighted by atomic mass is 16.5. The molecule has 3 aromatic rings. The van der Waals surface area contributed by atoms with Gasteiger partial charge < -0.3 is 14.8 Å². The van der Waals surface area contributed by atoms with Crippen molar-refractivity contribution in [3.63, 3.8) is 0 Å². The topological polar surface area (TPSA) is 67.2 Å². The van der Waals surface area contributed by atoms with Crippen LogP contribution in [0.15, 0.2) is 36.4 Å². The number of nitriles is 1. The number of rotatable bonds is 3. The number of aromatic nitrogens is 1. The molecule has 2 aromatic carbocycles. The summed E-state index contributed by atoms with van der Waals surface area (Å²) in [6, 6.07) is 13.5. The Morgan fingerprint density at radius 3 is 2.68 bits per heavy atom. The van der Waals surface area contributed by atoms with Crippen LogP contribution in [0, 0.1) is 11.3 Å². The molecule has 1 aliphatic rings. The fraction of sp³-hybridized carbons (Fsp3) is 0.300. The number of piperidine rings is 1. The fourth-order valence-electron chi connectivity index (χ4n) is 3.29. The molecular weight excluding hydrogens is 314 g/mol. The van der Waals surface area contributed by atoms with Crippen LogP contribution < -0.4 is 14.8 Å². The molecular formula is C20H19N3O2. The van der Waals surface area contributed by atoms with E-state index in [0.29, 0.717) is 5.56 Å². The van der Waals surface area contributed by atoms with E-state index in [9.17, 15) is 5.26 Å². The third-order valence-electron chi connectivity index (χ3n) is 4.63. The third kappa shape index (κ3) is 2.97. The van der Waals surface area contributed by atoms with Gasteiger partial charge in [-0.15, -0.1) is 0 Å². The first-order valence-electron chi connectivity index (χ1n) is 8.47. The number of hydrogen-bond acceptors (Lipinski definition) is 5. The molecule has 0 radical (unpaired) electrons. The van der Waals surface area contributed by atoms with Crippen molar-refractivity contribution in [2.24, 2.45) is 0 Å². The average Bonchev–Trinajstić information content (AvgIpc) is 2.67. The number of hydrogen-bond donors (Lipinski definition) is 1. The number of pyridine rings is 1. The van der Waals surface area contributed by atoms with Gasteiger partial charge in [-0.25, -0.2) is 4.98 Å². The third-order valence-corrected chi connectivity index (χ3v) is 4.63. The predicted octanol–water partition coefficient (Wildman–Crippen LogP) is 3.40. The molecule has 1 aliphatic heterocycles. The van der Waals surface area contributed by atoms with Crippen LogP contribution in [-0.2, 0) is 0 Å². The second-order valence-corrected chi connectivity index (χ2v) is 6.23. The van der Waals surface area contributed by atoms with Gasteiger partial charge >= 0.3 is 0 Å². The Morgan fingerprint density at radius 1 is 1.08 bits per heavy atom. The smallest absolute Gasteiger partial charge is 0.138 e. The molecule has 0 spiro atoms. The summed E-state index contributed by atoms with van der Waals surface area (Å²) < 4.78 is 11.8. The summed E-state index contributed by atoms with van der Waals surface area (Å²) in [5.41, 5.74) is 2.22. The first-order chi connectivity index (χ1) is 12.3. The predicted molar refractivity (Wildman–Crippen MR) is 97.0 cm³/mol. The summed E-state index contributed by atoms with van der Waals surface area (Å²) in [7, 11) is 1.65. The first kappa shape index (κ1) is 15.7. The molecule has 1 aromatic heterocycles. The van der Waals surface area contributed by atoms with Crippen LogP contribution in [0.25, 0.3) is 21.8 Å². The lowest BCUT2D eigenvalue weighted by atomic mass is 10.1. The van der Waals surface area contributed by atoms with Crippen LogP contribution in [-0.4, -0.2) is 31.3 Å². The Labute approximate surface area is 146 Å². The summed E-state index contributed by atoms with van der Waals surface area (Å²) in [6.45, 7) is 1.93. The standard InChI is InChI=1S/C20H19N3O2/c1-24-15-3-5-18-17(11-15)20(25-14-6-8-22-9-7-14)16-4-2-13(12-21)10-19(16)23-18/h2-5,10-11,14,22H,6-9H2,1H3. The van der Waals surface area contributed by atoms with Crippen LogP contribution in [0.4, 0.5) is 0 Å². The van der Waals surface area contributed by atoms with Gasteiger partial charge in [0.15, 0.2) is 0 Å². The van der Waals surface area contributed by atoms with E-state index in [-0.39, 0.29) is 6.10 Å². The van der Waals surface area contributed by atoms with Crippen molar-refractivity contribution in [3.8, 4) is 17.6 Å². The Balaban J connectivity index is 1.93. The summed E-state index contributed by atoms with van der Waals surface area (Å²) in [5, 5.41) is 14.4. The average molecular weight is 333 g/mol. The molecule has 1 N–H and O–H groups in total. The van der Waals surface area contributed by atoms with Crippen molar-refractivity contribution < 1.29 is 9.47 Å². The minimum Gasteiger partial charge on any atom is -0.497 e. The quantitative estimate of drug-likeness (QED) is 0.744. The summed E-state index contributed by atoms with van der Waals surface area (Å²) in [6.07, 6.45) is 2.13. The van der Waals surface area contributed by atoms with Gasteiger partial charge in [-0.3, -0.25) is 0 Å². The zero-order valence-electron chi connectivity index (χ0n) is 14.1. The highest BCUT2D eigenvalue weighted by Gasteiger charge is 2.19. The Hall–Kier alpha value is -2.84. The lowest BCUT2D eigenvalue weighted by Gasteiger charge is -2.25. The molecule has 5 nitrogen and oxygen atoms in total. The molecule has 1 saturated heterocycles. The summed E-state index contributed by atoms with van der Waals surface area (Å²) in [5.74, 6) is 1.60. The molecule has 0 aliphatic carbocycles. The molecule has 0 bridgehead atoms. The van der Waals surface area contributed by atoms with E-state index in [0.717, 1.165) is 59.2 Å². The molecule has 25 heavy (non-hydrogen) atoms. The van der Waals surface area contributed by atoms with E-state index in [1.165, 1.54) is 0 Å². The summed E-state index contributed by atoms with van der Waals surface area (Å²) >= 11 is 0. The van der Waals surface area contributed by atoms with E-state index < -0.39 is 0 Å². The first-order valence-corrected chi connectivity index (χ1v) is 8.47. The second-order valence-electron chi connectivity index (χ2n) is 6.23. The molecule has 5 heteroatoms. The van der Waals surface area contributed by atoms with Gasteiger partial charge in [-0.05, 0) is 62.3 Å². The molecule has 0 amide bonds. The number of methoxy groups -OCH3 is 1. The van der Waals surface area contributed by atoms with Crippen LogP contribution in [0.5, 0.6) is 11.5 Å². The van der Waals surface area contributed by atoms with Gasteiger partial charge in [-0.1, -0.05) is 0 Å². The monoisotopic (exact) mass is 333 g/mol. The van der Waals surface area contributed by atoms with Crippen molar-refractivity contribution >= 4 is 21.8 Å². The molecule has 0 atom stereocenters. The maximum absolute atomic E-state index is 9.18. The molecule has 2 heterocycles. The molecule has 4 rings (SSSR count).